The van der Waals surface area contributed by atoms with Crippen LogP contribution in [-0.2, 0) is 6.42 Å². The minimum absolute atomic E-state index is 0.184. The van der Waals surface area contributed by atoms with Gasteiger partial charge in [0, 0.05) is 5.02 Å². The smallest absolute Gasteiger partial charge is 0.123 e. The molecule has 96 valence electrons. The number of aryl methyl sites for hydroxylation is 1. The summed E-state index contributed by atoms with van der Waals surface area (Å²) in [5.74, 6) is 0.967. The van der Waals surface area contributed by atoms with Crippen LogP contribution in [0.25, 0.3) is 0 Å². The van der Waals surface area contributed by atoms with Gasteiger partial charge in [-0.15, -0.1) is 0 Å². The first-order valence-electron chi connectivity index (χ1n) is 6.07. The van der Waals surface area contributed by atoms with Crippen molar-refractivity contribution in [2.24, 2.45) is 0 Å². The molecule has 1 rings (SSSR count). The van der Waals surface area contributed by atoms with Gasteiger partial charge in [-0.05, 0) is 70.5 Å². The first kappa shape index (κ1) is 14.3. The van der Waals surface area contributed by atoms with E-state index in [0.29, 0.717) is 0 Å². The van der Waals surface area contributed by atoms with E-state index in [0.717, 1.165) is 34.9 Å². The zero-order valence-electron chi connectivity index (χ0n) is 11.4. The average Bonchev–Trinajstić information content (AvgIpc) is 2.25. The fraction of sp³-hybridized carbons (Fsp3) is 0.571. The fourth-order valence-electron chi connectivity index (χ4n) is 1.88. The molecule has 1 aromatic carbocycles. The largest absolute Gasteiger partial charge is 0.491 e. The number of hydrogen-bond acceptors (Lipinski definition) is 2. The summed E-state index contributed by atoms with van der Waals surface area (Å²) in [6.45, 7) is 9.09. The summed E-state index contributed by atoms with van der Waals surface area (Å²) in [6, 6.07) is 2.04. The SMILES string of the molecule is CNCCc1c(OC(C)C)cc(C)c(Cl)c1C. The van der Waals surface area contributed by atoms with Gasteiger partial charge in [-0.3, -0.25) is 0 Å². The van der Waals surface area contributed by atoms with Gasteiger partial charge in [-0.25, -0.2) is 0 Å². The second-order valence-corrected chi connectivity index (χ2v) is 5.01. The van der Waals surface area contributed by atoms with Crippen LogP contribution in [0.4, 0.5) is 0 Å². The van der Waals surface area contributed by atoms with E-state index in [1.165, 1.54) is 5.56 Å². The molecular formula is C14H22ClNO. The number of rotatable bonds is 5. The molecule has 0 saturated heterocycles. The Bertz CT molecular complexity index is 388. The highest BCUT2D eigenvalue weighted by molar-refractivity contribution is 6.32. The number of hydrogen-bond donors (Lipinski definition) is 1. The molecule has 2 nitrogen and oxygen atoms in total. The molecule has 0 fully saturated rings. The van der Waals surface area contributed by atoms with Crippen molar-refractivity contribution >= 4 is 11.6 Å². The van der Waals surface area contributed by atoms with Gasteiger partial charge in [0.15, 0.2) is 0 Å². The lowest BCUT2D eigenvalue weighted by molar-refractivity contribution is 0.239. The lowest BCUT2D eigenvalue weighted by Crippen LogP contribution is -2.14. The Hall–Kier alpha value is -0.730. The van der Waals surface area contributed by atoms with Crippen LogP contribution in [0.3, 0.4) is 0 Å². The molecule has 3 heteroatoms. The first-order valence-corrected chi connectivity index (χ1v) is 6.45. The Morgan fingerprint density at radius 2 is 2.00 bits per heavy atom. The molecule has 0 atom stereocenters. The molecular weight excluding hydrogens is 234 g/mol. The molecule has 0 aromatic heterocycles. The molecule has 17 heavy (non-hydrogen) atoms. The monoisotopic (exact) mass is 255 g/mol. The van der Waals surface area contributed by atoms with E-state index in [2.05, 4.69) is 12.2 Å². The second-order valence-electron chi connectivity index (χ2n) is 4.63. The summed E-state index contributed by atoms with van der Waals surface area (Å²) in [5, 5.41) is 4.01. The van der Waals surface area contributed by atoms with Crippen LogP contribution in [0.5, 0.6) is 5.75 Å². The zero-order chi connectivity index (χ0) is 13.0. The van der Waals surface area contributed by atoms with E-state index in [1.54, 1.807) is 0 Å². The predicted octanol–water partition coefficient (Wildman–Crippen LogP) is 3.51. The third-order valence-electron chi connectivity index (χ3n) is 2.76. The van der Waals surface area contributed by atoms with Gasteiger partial charge in [0.2, 0.25) is 0 Å². The Morgan fingerprint density at radius 1 is 1.35 bits per heavy atom. The van der Waals surface area contributed by atoms with Crippen molar-refractivity contribution in [3.05, 3.63) is 27.8 Å². The standard InChI is InChI=1S/C14H22ClNO/c1-9(2)17-13-8-10(3)14(15)11(4)12(13)6-7-16-5/h8-9,16H,6-7H2,1-5H3. The molecule has 0 heterocycles. The van der Waals surface area contributed by atoms with E-state index >= 15 is 0 Å². The van der Waals surface area contributed by atoms with Crippen molar-refractivity contribution < 1.29 is 4.74 Å². The van der Waals surface area contributed by atoms with Crippen LogP contribution < -0.4 is 10.1 Å². The quantitative estimate of drug-likeness (QED) is 0.870. The van der Waals surface area contributed by atoms with Crippen LogP contribution in [0.1, 0.15) is 30.5 Å². The summed E-state index contributed by atoms with van der Waals surface area (Å²) in [7, 11) is 1.95. The van der Waals surface area contributed by atoms with Crippen LogP contribution in [0.15, 0.2) is 6.07 Å². The molecule has 0 aliphatic heterocycles. The lowest BCUT2D eigenvalue weighted by atomic mass is 10.0. The van der Waals surface area contributed by atoms with Gasteiger partial charge < -0.3 is 10.1 Å². The first-order chi connectivity index (χ1) is 7.97. The molecule has 1 aromatic rings. The van der Waals surface area contributed by atoms with Crippen LogP contribution in [0, 0.1) is 13.8 Å². The summed E-state index contributed by atoms with van der Waals surface area (Å²) in [5.41, 5.74) is 3.43. The third kappa shape index (κ3) is 3.62. The van der Waals surface area contributed by atoms with Crippen molar-refractivity contribution in [3.8, 4) is 5.75 Å². The second kappa shape index (κ2) is 6.27. The van der Waals surface area contributed by atoms with Crippen molar-refractivity contribution in [2.45, 2.75) is 40.2 Å². The van der Waals surface area contributed by atoms with Gasteiger partial charge >= 0.3 is 0 Å². The number of likely N-dealkylation sites (N-methyl/N-ethyl adjacent to an activating group) is 1. The topological polar surface area (TPSA) is 21.3 Å². The number of nitrogens with one attached hydrogen (secondary N) is 1. The van der Waals surface area contributed by atoms with Crippen LogP contribution >= 0.6 is 11.6 Å². The molecule has 0 spiro atoms. The number of ether oxygens (including phenoxy) is 1. The Labute approximate surface area is 109 Å². The van der Waals surface area contributed by atoms with Crippen LogP contribution in [-0.4, -0.2) is 19.7 Å². The summed E-state index contributed by atoms with van der Waals surface area (Å²) >= 11 is 6.29. The minimum atomic E-state index is 0.184. The van der Waals surface area contributed by atoms with E-state index in [4.69, 9.17) is 16.3 Å². The van der Waals surface area contributed by atoms with Gasteiger partial charge in [-0.2, -0.15) is 0 Å². The lowest BCUT2D eigenvalue weighted by Gasteiger charge is -2.18. The third-order valence-corrected chi connectivity index (χ3v) is 3.34. The molecule has 0 saturated carbocycles. The van der Waals surface area contributed by atoms with Crippen LogP contribution in [0.2, 0.25) is 5.02 Å². The highest BCUT2D eigenvalue weighted by Gasteiger charge is 2.13. The van der Waals surface area contributed by atoms with E-state index in [-0.39, 0.29) is 6.10 Å². The average molecular weight is 256 g/mol. The highest BCUT2D eigenvalue weighted by Crippen LogP contribution is 2.32. The summed E-state index contributed by atoms with van der Waals surface area (Å²) in [6.07, 6.45) is 1.12. The molecule has 0 aliphatic rings. The van der Waals surface area contributed by atoms with Crippen molar-refractivity contribution in [1.82, 2.24) is 5.32 Å². The molecule has 0 amide bonds. The Balaban J connectivity index is 3.15. The van der Waals surface area contributed by atoms with E-state index in [1.807, 2.05) is 33.9 Å². The van der Waals surface area contributed by atoms with Gasteiger partial charge in [0.05, 0.1) is 6.10 Å². The fourth-order valence-corrected chi connectivity index (χ4v) is 2.05. The summed E-state index contributed by atoms with van der Waals surface area (Å²) in [4.78, 5) is 0. The molecule has 1 N–H and O–H groups in total. The molecule has 0 unspecified atom stereocenters. The van der Waals surface area contributed by atoms with Gasteiger partial charge in [-0.1, -0.05) is 11.6 Å². The van der Waals surface area contributed by atoms with Crippen molar-refractivity contribution in [2.75, 3.05) is 13.6 Å². The maximum Gasteiger partial charge on any atom is 0.123 e. The number of halogens is 1. The highest BCUT2D eigenvalue weighted by atomic mass is 35.5. The van der Waals surface area contributed by atoms with E-state index in [9.17, 15) is 0 Å². The zero-order valence-corrected chi connectivity index (χ0v) is 12.1. The van der Waals surface area contributed by atoms with Gasteiger partial charge in [0.25, 0.3) is 0 Å². The predicted molar refractivity (Wildman–Crippen MR) is 74.3 cm³/mol. The summed E-state index contributed by atoms with van der Waals surface area (Å²) < 4.78 is 5.87. The van der Waals surface area contributed by atoms with Crippen molar-refractivity contribution in [1.29, 1.82) is 0 Å². The van der Waals surface area contributed by atoms with Gasteiger partial charge in [0.1, 0.15) is 5.75 Å². The van der Waals surface area contributed by atoms with E-state index < -0.39 is 0 Å². The normalized spacial score (nSPS) is 11.0. The molecule has 0 aliphatic carbocycles. The molecule has 0 radical (unpaired) electrons. The Kier molecular flexibility index (Phi) is 5.29. The minimum Gasteiger partial charge on any atom is -0.491 e. The Morgan fingerprint density at radius 3 is 2.53 bits per heavy atom. The maximum absolute atomic E-state index is 6.29. The van der Waals surface area contributed by atoms with Crippen molar-refractivity contribution in [3.63, 3.8) is 0 Å². The maximum atomic E-state index is 6.29. The molecule has 0 bridgehead atoms. The number of benzene rings is 1.